The Kier molecular flexibility index (Phi) is 6.28. The largest absolute Gasteiger partial charge is 0.494 e. The third-order valence-electron chi connectivity index (χ3n) is 4.61. The van der Waals surface area contributed by atoms with E-state index in [1.165, 1.54) is 6.21 Å². The highest BCUT2D eigenvalue weighted by Crippen LogP contribution is 2.27. The van der Waals surface area contributed by atoms with E-state index in [0.717, 1.165) is 28.6 Å². The number of hydrogen-bond donors (Lipinski definition) is 1. The molecule has 4 rings (SSSR count). The summed E-state index contributed by atoms with van der Waals surface area (Å²) in [5.41, 5.74) is 6.06. The van der Waals surface area contributed by atoms with Crippen LogP contribution >= 0.6 is 0 Å². The number of para-hydroxylation sites is 1. The average molecular weight is 410 g/mol. The highest BCUT2D eigenvalue weighted by molar-refractivity contribution is 6.07. The van der Waals surface area contributed by atoms with Gasteiger partial charge in [0.1, 0.15) is 5.75 Å². The van der Waals surface area contributed by atoms with Crippen molar-refractivity contribution in [3.63, 3.8) is 0 Å². The molecule has 0 fully saturated rings. The summed E-state index contributed by atoms with van der Waals surface area (Å²) in [6.45, 7) is 2.71. The Hall–Kier alpha value is -4.06. The first-order valence-corrected chi connectivity index (χ1v) is 10.1. The van der Waals surface area contributed by atoms with Crippen molar-refractivity contribution in [1.82, 2.24) is 15.4 Å². The fourth-order valence-electron chi connectivity index (χ4n) is 3.15. The van der Waals surface area contributed by atoms with Gasteiger partial charge >= 0.3 is 0 Å². The number of amides is 1. The van der Waals surface area contributed by atoms with Crippen molar-refractivity contribution in [1.29, 1.82) is 0 Å². The van der Waals surface area contributed by atoms with Crippen molar-refractivity contribution in [2.75, 3.05) is 6.61 Å². The minimum Gasteiger partial charge on any atom is -0.494 e. The minimum absolute atomic E-state index is 0.314. The molecule has 2 heterocycles. The SMILES string of the molecule is CCCOc1cccc(-c2cc(C(=O)N/N=C/c3ccccn3)c3ccccc3n2)c1. The molecule has 2 aromatic carbocycles. The number of rotatable bonds is 7. The fraction of sp³-hybridized carbons (Fsp3) is 0.120. The molecule has 6 heteroatoms. The van der Waals surface area contributed by atoms with Crippen molar-refractivity contribution in [3.05, 3.63) is 90.3 Å². The lowest BCUT2D eigenvalue weighted by Gasteiger charge is -2.10. The van der Waals surface area contributed by atoms with Crippen molar-refractivity contribution >= 4 is 23.0 Å². The van der Waals surface area contributed by atoms with Crippen molar-refractivity contribution in [2.24, 2.45) is 5.10 Å². The first-order valence-electron chi connectivity index (χ1n) is 10.1. The first-order chi connectivity index (χ1) is 15.2. The number of hydrogen-bond acceptors (Lipinski definition) is 5. The van der Waals surface area contributed by atoms with E-state index >= 15 is 0 Å². The molecule has 0 spiro atoms. The second-order valence-corrected chi connectivity index (χ2v) is 6.90. The number of carbonyl (C=O) groups is 1. The summed E-state index contributed by atoms with van der Waals surface area (Å²) in [6.07, 6.45) is 4.11. The highest BCUT2D eigenvalue weighted by Gasteiger charge is 2.14. The first kappa shape index (κ1) is 20.2. The lowest BCUT2D eigenvalue weighted by atomic mass is 10.0. The van der Waals surface area contributed by atoms with Crippen LogP contribution in [0, 0.1) is 0 Å². The van der Waals surface area contributed by atoms with E-state index in [9.17, 15) is 4.79 Å². The molecule has 0 aliphatic heterocycles. The maximum atomic E-state index is 12.9. The molecule has 0 saturated carbocycles. The topological polar surface area (TPSA) is 76.5 Å². The number of fused-ring (bicyclic) bond motifs is 1. The molecule has 0 aliphatic rings. The molecule has 2 aromatic heterocycles. The molecule has 0 saturated heterocycles. The maximum absolute atomic E-state index is 12.9. The Morgan fingerprint density at radius 2 is 1.94 bits per heavy atom. The monoisotopic (exact) mass is 410 g/mol. The standard InChI is InChI=1S/C25H22N4O2/c1-2-14-31-20-10-7-8-18(15-20)24-16-22(21-11-3-4-12-23(21)28-24)25(30)29-27-17-19-9-5-6-13-26-19/h3-13,15-17H,2,14H2,1H3,(H,29,30)/b27-17+. The quantitative estimate of drug-likeness (QED) is 0.349. The van der Waals surface area contributed by atoms with Gasteiger partial charge in [-0.25, -0.2) is 10.4 Å². The van der Waals surface area contributed by atoms with Crippen LogP contribution in [0.1, 0.15) is 29.4 Å². The summed E-state index contributed by atoms with van der Waals surface area (Å²) >= 11 is 0. The van der Waals surface area contributed by atoms with E-state index < -0.39 is 0 Å². The molecular formula is C25H22N4O2. The fourth-order valence-corrected chi connectivity index (χ4v) is 3.15. The Morgan fingerprint density at radius 3 is 2.77 bits per heavy atom. The highest BCUT2D eigenvalue weighted by atomic mass is 16.5. The molecule has 4 aromatic rings. The summed E-state index contributed by atoms with van der Waals surface area (Å²) in [5.74, 6) is 0.464. The van der Waals surface area contributed by atoms with Crippen LogP contribution in [0.25, 0.3) is 22.2 Å². The second kappa shape index (κ2) is 9.63. The van der Waals surface area contributed by atoms with E-state index in [1.807, 2.05) is 66.7 Å². The number of hydrazone groups is 1. The predicted octanol–water partition coefficient (Wildman–Crippen LogP) is 4.85. The van der Waals surface area contributed by atoms with Gasteiger partial charge in [-0.3, -0.25) is 9.78 Å². The van der Waals surface area contributed by atoms with Gasteiger partial charge in [0.2, 0.25) is 0 Å². The number of aromatic nitrogens is 2. The molecule has 6 nitrogen and oxygen atoms in total. The molecule has 31 heavy (non-hydrogen) atoms. The molecule has 0 radical (unpaired) electrons. The van der Waals surface area contributed by atoms with Gasteiger partial charge in [0, 0.05) is 17.1 Å². The average Bonchev–Trinajstić information content (AvgIpc) is 2.83. The predicted molar refractivity (Wildman–Crippen MR) is 122 cm³/mol. The Morgan fingerprint density at radius 1 is 1.06 bits per heavy atom. The van der Waals surface area contributed by atoms with Gasteiger partial charge in [0.25, 0.3) is 5.91 Å². The molecule has 1 N–H and O–H groups in total. The van der Waals surface area contributed by atoms with Crippen LogP contribution in [0.2, 0.25) is 0 Å². The van der Waals surface area contributed by atoms with Crippen LogP contribution in [-0.2, 0) is 0 Å². The maximum Gasteiger partial charge on any atom is 0.272 e. The lowest BCUT2D eigenvalue weighted by Crippen LogP contribution is -2.18. The molecular weight excluding hydrogens is 388 g/mol. The summed E-state index contributed by atoms with van der Waals surface area (Å²) < 4.78 is 5.75. The van der Waals surface area contributed by atoms with Crippen LogP contribution in [-0.4, -0.2) is 28.7 Å². The third-order valence-corrected chi connectivity index (χ3v) is 4.61. The molecule has 0 bridgehead atoms. The van der Waals surface area contributed by atoms with Gasteiger partial charge < -0.3 is 4.74 Å². The number of carbonyl (C=O) groups excluding carboxylic acids is 1. The van der Waals surface area contributed by atoms with Gasteiger partial charge in [-0.1, -0.05) is 43.3 Å². The van der Waals surface area contributed by atoms with Crippen molar-refractivity contribution in [3.8, 4) is 17.0 Å². The second-order valence-electron chi connectivity index (χ2n) is 6.90. The smallest absolute Gasteiger partial charge is 0.272 e. The summed E-state index contributed by atoms with van der Waals surface area (Å²) in [6, 6.07) is 22.6. The summed E-state index contributed by atoms with van der Waals surface area (Å²) in [5, 5.41) is 4.81. The number of pyridine rings is 2. The zero-order chi connectivity index (χ0) is 21.5. The number of benzene rings is 2. The number of nitrogens with one attached hydrogen (secondary N) is 1. The van der Waals surface area contributed by atoms with Crippen LogP contribution in [0.4, 0.5) is 0 Å². The zero-order valence-electron chi connectivity index (χ0n) is 17.2. The zero-order valence-corrected chi connectivity index (χ0v) is 17.2. The van der Waals surface area contributed by atoms with Crippen molar-refractivity contribution < 1.29 is 9.53 Å². The van der Waals surface area contributed by atoms with Crippen LogP contribution in [0.5, 0.6) is 5.75 Å². The van der Waals surface area contributed by atoms with E-state index in [2.05, 4.69) is 22.4 Å². The molecule has 1 amide bonds. The van der Waals surface area contributed by atoms with Gasteiger partial charge in [-0.05, 0) is 42.8 Å². The van der Waals surface area contributed by atoms with Crippen LogP contribution < -0.4 is 10.2 Å². The molecule has 154 valence electrons. The van der Waals surface area contributed by atoms with E-state index in [0.29, 0.717) is 23.6 Å². The Bertz CT molecular complexity index is 1220. The molecule has 0 atom stereocenters. The van der Waals surface area contributed by atoms with Crippen LogP contribution in [0.3, 0.4) is 0 Å². The van der Waals surface area contributed by atoms with E-state index in [1.54, 1.807) is 12.3 Å². The minimum atomic E-state index is -0.314. The Balaban J connectivity index is 1.67. The summed E-state index contributed by atoms with van der Waals surface area (Å²) in [7, 11) is 0. The number of nitrogens with zero attached hydrogens (tertiary/aromatic N) is 3. The molecule has 0 aliphatic carbocycles. The van der Waals surface area contributed by atoms with Gasteiger partial charge in [-0.15, -0.1) is 0 Å². The Labute approximate surface area is 180 Å². The number of ether oxygens (including phenoxy) is 1. The third kappa shape index (κ3) is 4.93. The van der Waals surface area contributed by atoms with E-state index in [4.69, 9.17) is 9.72 Å². The van der Waals surface area contributed by atoms with Gasteiger partial charge in [0.05, 0.1) is 35.3 Å². The molecule has 0 unspecified atom stereocenters. The normalized spacial score (nSPS) is 11.0. The van der Waals surface area contributed by atoms with E-state index in [-0.39, 0.29) is 5.91 Å². The van der Waals surface area contributed by atoms with Gasteiger partial charge in [0.15, 0.2) is 0 Å². The van der Waals surface area contributed by atoms with Gasteiger partial charge in [-0.2, -0.15) is 5.10 Å². The van der Waals surface area contributed by atoms with Crippen LogP contribution in [0.15, 0.2) is 84.1 Å². The summed E-state index contributed by atoms with van der Waals surface area (Å²) in [4.78, 5) is 21.9. The van der Waals surface area contributed by atoms with Crippen molar-refractivity contribution in [2.45, 2.75) is 13.3 Å². The lowest BCUT2D eigenvalue weighted by molar-refractivity contribution is 0.0956.